The summed E-state index contributed by atoms with van der Waals surface area (Å²) in [6.07, 6.45) is -4.62. The second-order valence-corrected chi connectivity index (χ2v) is 8.11. The summed E-state index contributed by atoms with van der Waals surface area (Å²) in [6.45, 7) is 0.827. The zero-order chi connectivity index (χ0) is 24.5. The molecule has 1 aromatic heterocycles. The van der Waals surface area contributed by atoms with Gasteiger partial charge in [-0.05, 0) is 49.2 Å². The van der Waals surface area contributed by atoms with E-state index in [2.05, 4.69) is 15.3 Å². The Morgan fingerprint density at radius 3 is 2.29 bits per heavy atom. The van der Waals surface area contributed by atoms with Gasteiger partial charge in [0.1, 0.15) is 0 Å². The zero-order valence-electron chi connectivity index (χ0n) is 17.6. The van der Waals surface area contributed by atoms with Crippen LogP contribution < -0.4 is 15.9 Å². The van der Waals surface area contributed by atoms with Gasteiger partial charge >= 0.3 is 18.0 Å². The van der Waals surface area contributed by atoms with Crippen LogP contribution in [0.25, 0.3) is 17.1 Å². The van der Waals surface area contributed by atoms with Crippen LogP contribution in [0.5, 0.6) is 0 Å². The minimum absolute atomic E-state index is 0.131. The van der Waals surface area contributed by atoms with Gasteiger partial charge in [0.05, 0.1) is 16.3 Å². The van der Waals surface area contributed by atoms with Gasteiger partial charge in [-0.15, -0.1) is 0 Å². The molecule has 8 nitrogen and oxygen atoms in total. The Kier molecular flexibility index (Phi) is 6.47. The number of benzene rings is 2. The van der Waals surface area contributed by atoms with Gasteiger partial charge in [-0.2, -0.15) is 23.1 Å². The van der Waals surface area contributed by atoms with Crippen molar-refractivity contribution in [1.29, 1.82) is 0 Å². The summed E-state index contributed by atoms with van der Waals surface area (Å²) < 4.78 is 40.1. The molecule has 0 aliphatic carbocycles. The number of alkyl halides is 3. The molecular formula is C22H19ClF3N5O3. The molecular weight excluding hydrogens is 475 g/mol. The van der Waals surface area contributed by atoms with Crippen LogP contribution in [-0.2, 0) is 6.18 Å². The quantitative estimate of drug-likeness (QED) is 0.565. The maximum absolute atomic E-state index is 13.1. The van der Waals surface area contributed by atoms with Crippen molar-refractivity contribution in [3.63, 3.8) is 0 Å². The van der Waals surface area contributed by atoms with Gasteiger partial charge in [0, 0.05) is 24.7 Å². The number of piperidine rings is 1. The molecule has 178 valence electrons. The summed E-state index contributed by atoms with van der Waals surface area (Å²) in [4.78, 5) is 34.4. The van der Waals surface area contributed by atoms with Crippen molar-refractivity contribution in [1.82, 2.24) is 19.9 Å². The number of carboxylic acid groups (broad SMARTS) is 1. The molecule has 12 heteroatoms. The molecule has 2 aromatic carbocycles. The number of nitrogens with zero attached hydrogens (tertiary/aromatic N) is 4. The highest BCUT2D eigenvalue weighted by Gasteiger charge is 2.30. The van der Waals surface area contributed by atoms with Gasteiger partial charge in [0.25, 0.3) is 0 Å². The normalized spacial score (nSPS) is 14.8. The molecule has 1 saturated heterocycles. The number of aromatic nitrogens is 3. The third-order valence-electron chi connectivity index (χ3n) is 5.48. The van der Waals surface area contributed by atoms with E-state index in [1.54, 1.807) is 29.2 Å². The number of amides is 1. The van der Waals surface area contributed by atoms with Gasteiger partial charge in [0.2, 0.25) is 5.95 Å². The number of hydrogen-bond donors (Lipinski definition) is 2. The van der Waals surface area contributed by atoms with E-state index in [9.17, 15) is 22.8 Å². The first-order valence-corrected chi connectivity index (χ1v) is 10.7. The fourth-order valence-corrected chi connectivity index (χ4v) is 4.01. The zero-order valence-corrected chi connectivity index (χ0v) is 18.3. The molecule has 34 heavy (non-hydrogen) atoms. The van der Waals surface area contributed by atoms with Crippen LogP contribution in [0.15, 0.2) is 53.3 Å². The Labute approximate surface area is 196 Å². The largest absolute Gasteiger partial charge is 0.465 e. The lowest BCUT2D eigenvalue weighted by Gasteiger charge is -2.32. The lowest BCUT2D eigenvalue weighted by molar-refractivity contribution is -0.137. The highest BCUT2D eigenvalue weighted by atomic mass is 35.5. The molecule has 0 saturated carbocycles. The summed E-state index contributed by atoms with van der Waals surface area (Å²) >= 11 is 6.36. The molecule has 2 N–H and O–H groups in total. The molecule has 0 unspecified atom stereocenters. The van der Waals surface area contributed by atoms with Crippen molar-refractivity contribution < 1.29 is 23.1 Å². The Balaban J connectivity index is 1.76. The fourth-order valence-electron chi connectivity index (χ4n) is 3.79. The Morgan fingerprint density at radius 2 is 1.71 bits per heavy atom. The monoisotopic (exact) mass is 493 g/mol. The first-order chi connectivity index (χ1) is 16.1. The van der Waals surface area contributed by atoms with Crippen molar-refractivity contribution in [3.8, 4) is 17.1 Å². The van der Waals surface area contributed by atoms with Gasteiger partial charge in [0.15, 0.2) is 5.82 Å². The summed E-state index contributed by atoms with van der Waals surface area (Å²) in [5, 5.41) is 11.6. The van der Waals surface area contributed by atoms with Gasteiger partial charge in [-0.1, -0.05) is 23.7 Å². The summed E-state index contributed by atoms with van der Waals surface area (Å²) in [5.74, 6) is 0.267. The van der Waals surface area contributed by atoms with E-state index >= 15 is 0 Å². The first-order valence-electron chi connectivity index (χ1n) is 10.3. The summed E-state index contributed by atoms with van der Waals surface area (Å²) in [7, 11) is 0. The lowest BCUT2D eigenvalue weighted by atomic mass is 10.1. The predicted molar refractivity (Wildman–Crippen MR) is 119 cm³/mol. The Morgan fingerprint density at radius 1 is 1.06 bits per heavy atom. The number of hydrogen-bond acceptors (Lipinski definition) is 5. The van der Waals surface area contributed by atoms with E-state index in [-0.39, 0.29) is 23.5 Å². The molecule has 4 rings (SSSR count). The highest BCUT2D eigenvalue weighted by molar-refractivity contribution is 6.33. The van der Waals surface area contributed by atoms with Crippen LogP contribution in [0.2, 0.25) is 5.02 Å². The van der Waals surface area contributed by atoms with Crippen LogP contribution in [0, 0.1) is 0 Å². The van der Waals surface area contributed by atoms with Crippen LogP contribution in [0.3, 0.4) is 0 Å². The maximum atomic E-state index is 13.1. The van der Waals surface area contributed by atoms with E-state index in [0.717, 1.165) is 16.7 Å². The van der Waals surface area contributed by atoms with Crippen molar-refractivity contribution in [2.24, 2.45) is 0 Å². The molecule has 3 aromatic rings. The molecule has 1 amide bonds. The minimum Gasteiger partial charge on any atom is -0.465 e. The van der Waals surface area contributed by atoms with E-state index in [4.69, 9.17) is 16.7 Å². The second kappa shape index (κ2) is 9.34. The van der Waals surface area contributed by atoms with Crippen LogP contribution in [0.4, 0.5) is 23.9 Å². The molecule has 0 atom stereocenters. The third kappa shape index (κ3) is 4.98. The van der Waals surface area contributed by atoms with Crippen LogP contribution in [0.1, 0.15) is 18.4 Å². The average molecular weight is 494 g/mol. The van der Waals surface area contributed by atoms with E-state index < -0.39 is 23.5 Å². The lowest BCUT2D eigenvalue weighted by Crippen LogP contribution is -2.45. The summed E-state index contributed by atoms with van der Waals surface area (Å²) in [5.41, 5.74) is -1.01. The SMILES string of the molecule is O=C(O)NC1CCN(c2nc(-c3ccccc3Cl)n(-c3ccc(C(F)(F)F)cc3)c(=O)n2)CC1. The van der Waals surface area contributed by atoms with Crippen molar-refractivity contribution in [2.45, 2.75) is 25.1 Å². The average Bonchev–Trinajstić information content (AvgIpc) is 2.78. The van der Waals surface area contributed by atoms with Crippen molar-refractivity contribution in [3.05, 3.63) is 69.6 Å². The highest BCUT2D eigenvalue weighted by Crippen LogP contribution is 2.31. The smallest absolute Gasteiger partial charge is 0.416 e. The molecule has 2 heterocycles. The van der Waals surface area contributed by atoms with Crippen LogP contribution in [-0.4, -0.2) is 44.9 Å². The van der Waals surface area contributed by atoms with Crippen molar-refractivity contribution >= 4 is 23.6 Å². The van der Waals surface area contributed by atoms with E-state index in [1.165, 1.54) is 12.1 Å². The van der Waals surface area contributed by atoms with E-state index in [0.29, 0.717) is 36.5 Å². The Bertz CT molecular complexity index is 1260. The summed E-state index contributed by atoms with van der Waals surface area (Å²) in [6, 6.07) is 10.6. The maximum Gasteiger partial charge on any atom is 0.416 e. The topological polar surface area (TPSA) is 100 Å². The third-order valence-corrected chi connectivity index (χ3v) is 5.81. The van der Waals surface area contributed by atoms with Gasteiger partial charge < -0.3 is 15.3 Å². The molecule has 1 aliphatic heterocycles. The predicted octanol–water partition coefficient (Wildman–Crippen LogP) is 4.20. The van der Waals surface area contributed by atoms with Crippen LogP contribution >= 0.6 is 11.6 Å². The van der Waals surface area contributed by atoms with Crippen molar-refractivity contribution in [2.75, 3.05) is 18.0 Å². The number of anilines is 1. The Hall–Kier alpha value is -3.60. The minimum atomic E-state index is -4.52. The number of nitrogens with one attached hydrogen (secondary N) is 1. The first kappa shape index (κ1) is 23.6. The van der Waals surface area contributed by atoms with Gasteiger partial charge in [-0.25, -0.2) is 14.2 Å². The van der Waals surface area contributed by atoms with Gasteiger partial charge in [-0.3, -0.25) is 0 Å². The number of halogens is 4. The number of carbonyl (C=O) groups is 1. The molecule has 0 radical (unpaired) electrons. The molecule has 1 fully saturated rings. The number of rotatable bonds is 4. The molecule has 0 bridgehead atoms. The second-order valence-electron chi connectivity index (χ2n) is 7.70. The standard InChI is InChI=1S/C22H19ClF3N5O3/c23-17-4-2-1-3-16(17)18-28-19(30-11-9-14(10-12-30)27-21(33)34)29-20(32)31(18)15-7-5-13(6-8-15)22(24,25)26/h1-8,14,27H,9-12H2,(H,33,34). The fraction of sp³-hybridized carbons (Fsp3) is 0.273. The molecule has 1 aliphatic rings. The molecule has 0 spiro atoms. The van der Waals surface area contributed by atoms with E-state index in [1.807, 2.05) is 0 Å².